The molecule has 3 rings (SSSR count). The van der Waals surface area contributed by atoms with Gasteiger partial charge in [-0.3, -0.25) is 4.98 Å². The molecule has 0 unspecified atom stereocenters. The molecule has 0 aliphatic carbocycles. The van der Waals surface area contributed by atoms with Gasteiger partial charge in [-0.1, -0.05) is 30.9 Å². The van der Waals surface area contributed by atoms with Crippen molar-refractivity contribution in [3.63, 3.8) is 0 Å². The summed E-state index contributed by atoms with van der Waals surface area (Å²) < 4.78 is 6.25. The number of likely N-dealkylation sites (N-methyl/N-ethyl adjacent to an activating group) is 1. The second-order valence-electron chi connectivity index (χ2n) is 7.38. The summed E-state index contributed by atoms with van der Waals surface area (Å²) >= 11 is 0. The third kappa shape index (κ3) is 5.49. The van der Waals surface area contributed by atoms with E-state index in [-0.39, 0.29) is 0 Å². The van der Waals surface area contributed by atoms with Crippen molar-refractivity contribution in [1.82, 2.24) is 15.6 Å². The molecule has 0 radical (unpaired) electrons. The summed E-state index contributed by atoms with van der Waals surface area (Å²) in [5.74, 6) is 1.63. The minimum Gasteiger partial charge on any atom is -0.457 e. The van der Waals surface area contributed by atoms with Crippen molar-refractivity contribution < 1.29 is 4.74 Å². The highest BCUT2D eigenvalue weighted by molar-refractivity contribution is 5.69. The number of aromatic nitrogens is 1. The van der Waals surface area contributed by atoms with Gasteiger partial charge >= 0.3 is 0 Å². The molecule has 4 nitrogen and oxygen atoms in total. The molecule has 0 amide bonds. The van der Waals surface area contributed by atoms with Crippen LogP contribution < -0.4 is 15.4 Å². The van der Waals surface area contributed by atoms with Gasteiger partial charge in [-0.2, -0.15) is 0 Å². The molecule has 156 valence electrons. The summed E-state index contributed by atoms with van der Waals surface area (Å²) in [6.07, 6.45) is 12.2. The Balaban J connectivity index is 1.74. The Morgan fingerprint density at radius 3 is 2.93 bits per heavy atom. The van der Waals surface area contributed by atoms with Crippen molar-refractivity contribution in [1.29, 1.82) is 0 Å². The summed E-state index contributed by atoms with van der Waals surface area (Å²) in [7, 11) is 1.93. The summed E-state index contributed by atoms with van der Waals surface area (Å²) in [6.45, 7) is 10.1. The van der Waals surface area contributed by atoms with Crippen LogP contribution in [0.15, 0.2) is 73.1 Å². The SMILES string of the molecule is C=C(CCC1=CCNC=C1)c1cccc(Oc2ccnc(/C(=C/C)CNC)c2)c1C. The van der Waals surface area contributed by atoms with E-state index in [2.05, 4.69) is 53.4 Å². The van der Waals surface area contributed by atoms with Crippen LogP contribution in [0.25, 0.3) is 11.1 Å². The number of allylic oxidation sites excluding steroid dienone is 4. The van der Waals surface area contributed by atoms with E-state index in [4.69, 9.17) is 4.74 Å². The van der Waals surface area contributed by atoms with Gasteiger partial charge in [0, 0.05) is 25.4 Å². The van der Waals surface area contributed by atoms with E-state index in [0.717, 1.165) is 65.4 Å². The Kier molecular flexibility index (Phi) is 7.63. The molecule has 0 fully saturated rings. The minimum atomic E-state index is 0.767. The molecule has 0 saturated heterocycles. The smallest absolute Gasteiger partial charge is 0.131 e. The van der Waals surface area contributed by atoms with Crippen molar-refractivity contribution in [2.24, 2.45) is 0 Å². The lowest BCUT2D eigenvalue weighted by atomic mass is 9.95. The third-order valence-corrected chi connectivity index (χ3v) is 5.28. The molecule has 0 saturated carbocycles. The molecule has 1 aliphatic heterocycles. The third-order valence-electron chi connectivity index (χ3n) is 5.28. The fourth-order valence-electron chi connectivity index (χ4n) is 3.52. The van der Waals surface area contributed by atoms with Crippen LogP contribution >= 0.6 is 0 Å². The van der Waals surface area contributed by atoms with Crippen molar-refractivity contribution in [3.05, 3.63) is 89.9 Å². The van der Waals surface area contributed by atoms with E-state index < -0.39 is 0 Å². The van der Waals surface area contributed by atoms with Crippen LogP contribution in [0.2, 0.25) is 0 Å². The quantitative estimate of drug-likeness (QED) is 0.571. The lowest BCUT2D eigenvalue weighted by Crippen LogP contribution is -2.10. The summed E-state index contributed by atoms with van der Waals surface area (Å²) in [5.41, 5.74) is 6.81. The second kappa shape index (κ2) is 10.6. The first-order valence-electron chi connectivity index (χ1n) is 10.4. The first-order valence-corrected chi connectivity index (χ1v) is 10.4. The van der Waals surface area contributed by atoms with Gasteiger partial charge in [0.2, 0.25) is 0 Å². The number of ether oxygens (including phenoxy) is 1. The van der Waals surface area contributed by atoms with Crippen LogP contribution in [0.1, 0.15) is 36.6 Å². The Morgan fingerprint density at radius 2 is 2.20 bits per heavy atom. The maximum atomic E-state index is 6.25. The maximum Gasteiger partial charge on any atom is 0.131 e. The van der Waals surface area contributed by atoms with Crippen molar-refractivity contribution >= 4 is 11.1 Å². The molecule has 1 aliphatic rings. The second-order valence-corrected chi connectivity index (χ2v) is 7.38. The topological polar surface area (TPSA) is 46.2 Å². The van der Waals surface area contributed by atoms with E-state index in [1.165, 1.54) is 5.57 Å². The highest BCUT2D eigenvalue weighted by atomic mass is 16.5. The van der Waals surface area contributed by atoms with E-state index in [9.17, 15) is 0 Å². The number of nitrogens with zero attached hydrogens (tertiary/aromatic N) is 1. The number of hydrogen-bond acceptors (Lipinski definition) is 4. The number of benzene rings is 1. The summed E-state index contributed by atoms with van der Waals surface area (Å²) in [6, 6.07) is 10.1. The van der Waals surface area contributed by atoms with Gasteiger partial charge in [0.15, 0.2) is 0 Å². The molecule has 4 heteroatoms. The first-order chi connectivity index (χ1) is 14.6. The highest BCUT2D eigenvalue weighted by Crippen LogP contribution is 2.32. The molecule has 1 aromatic heterocycles. The maximum absolute atomic E-state index is 6.25. The van der Waals surface area contributed by atoms with Crippen LogP contribution in [0.3, 0.4) is 0 Å². The fraction of sp³-hybridized carbons (Fsp3) is 0.269. The van der Waals surface area contributed by atoms with E-state index in [1.807, 2.05) is 44.4 Å². The first kappa shape index (κ1) is 21.6. The van der Waals surface area contributed by atoms with Gasteiger partial charge in [0.1, 0.15) is 11.5 Å². The molecular weight excluding hydrogens is 370 g/mol. The Morgan fingerprint density at radius 1 is 1.33 bits per heavy atom. The molecular formula is C26H31N3O. The molecule has 1 aromatic carbocycles. The molecule has 2 N–H and O–H groups in total. The summed E-state index contributed by atoms with van der Waals surface area (Å²) in [5, 5.41) is 6.37. The van der Waals surface area contributed by atoms with Crippen LogP contribution in [0.5, 0.6) is 11.5 Å². The monoisotopic (exact) mass is 401 g/mol. The standard InChI is InChI=1S/C26H31N3O/c1-5-22(18-27-4)25-17-23(13-16-29-25)30-26-8-6-7-24(20(26)3)19(2)9-10-21-11-14-28-15-12-21/h5-8,11-14,16-17,27-28H,2,9-10,15,18H2,1,3-4H3/b22-5+. The molecule has 30 heavy (non-hydrogen) atoms. The van der Waals surface area contributed by atoms with Crippen molar-refractivity contribution in [3.8, 4) is 11.5 Å². The van der Waals surface area contributed by atoms with Gasteiger partial charge in [0.25, 0.3) is 0 Å². The van der Waals surface area contributed by atoms with Crippen molar-refractivity contribution in [2.45, 2.75) is 26.7 Å². The van der Waals surface area contributed by atoms with Crippen LogP contribution in [-0.4, -0.2) is 25.1 Å². The van der Waals surface area contributed by atoms with E-state index in [1.54, 1.807) is 6.20 Å². The molecule has 0 spiro atoms. The number of rotatable bonds is 9. The zero-order valence-corrected chi connectivity index (χ0v) is 18.2. The van der Waals surface area contributed by atoms with Gasteiger partial charge in [0.05, 0.1) is 5.69 Å². The molecule has 0 bridgehead atoms. The van der Waals surface area contributed by atoms with E-state index >= 15 is 0 Å². The number of pyridine rings is 1. The predicted molar refractivity (Wildman–Crippen MR) is 127 cm³/mol. The number of dihydropyridines is 1. The van der Waals surface area contributed by atoms with E-state index in [0.29, 0.717) is 0 Å². The fourth-order valence-corrected chi connectivity index (χ4v) is 3.52. The average Bonchev–Trinajstić information content (AvgIpc) is 2.78. The molecule has 2 heterocycles. The normalized spacial score (nSPS) is 13.6. The number of nitrogens with one attached hydrogen (secondary N) is 2. The number of hydrogen-bond donors (Lipinski definition) is 2. The lowest BCUT2D eigenvalue weighted by molar-refractivity contribution is 0.477. The zero-order chi connectivity index (χ0) is 21.3. The average molecular weight is 402 g/mol. The minimum absolute atomic E-state index is 0.767. The van der Waals surface area contributed by atoms with Gasteiger partial charge in [-0.25, -0.2) is 0 Å². The Hall–Kier alpha value is -3.11. The Bertz CT molecular complexity index is 986. The van der Waals surface area contributed by atoms with Crippen LogP contribution in [0, 0.1) is 6.92 Å². The molecule has 2 aromatic rings. The zero-order valence-electron chi connectivity index (χ0n) is 18.2. The van der Waals surface area contributed by atoms with Gasteiger partial charge in [-0.15, -0.1) is 0 Å². The molecule has 0 atom stereocenters. The predicted octanol–water partition coefficient (Wildman–Crippen LogP) is 5.64. The van der Waals surface area contributed by atoms with Gasteiger partial charge < -0.3 is 15.4 Å². The van der Waals surface area contributed by atoms with Gasteiger partial charge in [-0.05, 0) is 86.0 Å². The van der Waals surface area contributed by atoms with Crippen LogP contribution in [0.4, 0.5) is 0 Å². The summed E-state index contributed by atoms with van der Waals surface area (Å²) in [4.78, 5) is 4.49. The highest BCUT2D eigenvalue weighted by Gasteiger charge is 2.11. The Labute approximate surface area is 180 Å². The largest absolute Gasteiger partial charge is 0.457 e. The lowest BCUT2D eigenvalue weighted by Gasteiger charge is -2.16. The van der Waals surface area contributed by atoms with Crippen molar-refractivity contribution in [2.75, 3.05) is 20.1 Å². The van der Waals surface area contributed by atoms with Crippen LogP contribution in [-0.2, 0) is 0 Å².